The van der Waals surface area contributed by atoms with Crippen LogP contribution in [0.3, 0.4) is 0 Å². The molecule has 2 aromatic carbocycles. The van der Waals surface area contributed by atoms with E-state index in [1.165, 1.54) is 10.5 Å². The van der Waals surface area contributed by atoms with Gasteiger partial charge in [-0.1, -0.05) is 42.5 Å². The summed E-state index contributed by atoms with van der Waals surface area (Å²) in [6, 6.07) is 20.1. The van der Waals surface area contributed by atoms with Crippen LogP contribution in [-0.2, 0) is 10.0 Å². The van der Waals surface area contributed by atoms with Gasteiger partial charge in [-0.05, 0) is 48.2 Å². The molecule has 4 rings (SSSR count). The van der Waals surface area contributed by atoms with Crippen molar-refractivity contribution in [3.05, 3.63) is 78.5 Å². The van der Waals surface area contributed by atoms with Crippen LogP contribution in [0.2, 0.25) is 0 Å². The number of anilines is 1. The van der Waals surface area contributed by atoms with Gasteiger partial charge in [-0.3, -0.25) is 10.0 Å². The monoisotopic (exact) mass is 452 g/mol. The van der Waals surface area contributed by atoms with Gasteiger partial charge in [0.25, 0.3) is 5.91 Å². The lowest BCUT2D eigenvalue weighted by Gasteiger charge is -2.32. The molecule has 0 radical (unpaired) electrons. The maximum Gasteiger partial charge on any atom is 0.276 e. The molecule has 8 nitrogen and oxygen atoms in total. The van der Waals surface area contributed by atoms with Crippen LogP contribution in [0.15, 0.2) is 77.8 Å². The Labute approximate surface area is 186 Å². The lowest BCUT2D eigenvalue weighted by molar-refractivity contribution is 0.0706. The molecule has 3 N–H and O–H groups in total. The molecule has 1 fully saturated rings. The van der Waals surface area contributed by atoms with E-state index in [2.05, 4.69) is 10.3 Å². The van der Waals surface area contributed by atoms with Crippen molar-refractivity contribution in [1.82, 2.24) is 14.8 Å². The number of amides is 1. The number of rotatable bonds is 6. The first-order chi connectivity index (χ1) is 15.5. The number of sulfonamides is 1. The molecule has 166 valence electrons. The summed E-state index contributed by atoms with van der Waals surface area (Å²) in [7, 11) is -3.55. The van der Waals surface area contributed by atoms with Crippen LogP contribution in [-0.4, -0.2) is 48.0 Å². The second-order valence-electron chi connectivity index (χ2n) is 7.59. The molecule has 0 unspecified atom stereocenters. The van der Waals surface area contributed by atoms with E-state index in [4.69, 9.17) is 5.21 Å². The summed E-state index contributed by atoms with van der Waals surface area (Å²) < 4.78 is 27.6. The first kappa shape index (κ1) is 21.9. The summed E-state index contributed by atoms with van der Waals surface area (Å²) in [6.07, 6.45) is 2.65. The van der Waals surface area contributed by atoms with E-state index in [-0.39, 0.29) is 11.6 Å². The Bertz CT molecular complexity index is 1160. The standard InChI is InChI=1S/C23H24N4O4S/c28-23(26-29)19-8-11-22(24-16-19)25-20-12-14-27(15-13-20)32(30,31)21-9-6-18(7-10-21)17-4-2-1-3-5-17/h1-11,16,20,29H,12-15H2,(H,24,25)(H,26,28). The van der Waals surface area contributed by atoms with Crippen molar-refractivity contribution in [2.75, 3.05) is 18.4 Å². The smallest absolute Gasteiger partial charge is 0.276 e. The Hall–Kier alpha value is -3.27. The topological polar surface area (TPSA) is 112 Å². The molecule has 3 aromatic rings. The molecule has 0 saturated carbocycles. The minimum absolute atomic E-state index is 0.0759. The Morgan fingerprint density at radius 3 is 2.19 bits per heavy atom. The van der Waals surface area contributed by atoms with Crippen LogP contribution >= 0.6 is 0 Å². The molecule has 1 aliphatic rings. The zero-order chi connectivity index (χ0) is 22.6. The van der Waals surface area contributed by atoms with Crippen molar-refractivity contribution in [1.29, 1.82) is 0 Å². The maximum absolute atomic E-state index is 13.1. The third-order valence-electron chi connectivity index (χ3n) is 5.53. The molecule has 0 spiro atoms. The highest BCUT2D eigenvalue weighted by atomic mass is 32.2. The van der Waals surface area contributed by atoms with Gasteiger partial charge in [0.2, 0.25) is 10.0 Å². The Kier molecular flexibility index (Phi) is 6.50. The summed E-state index contributed by atoms with van der Waals surface area (Å²) in [4.78, 5) is 15.8. The van der Waals surface area contributed by atoms with E-state index in [0.29, 0.717) is 36.6 Å². The van der Waals surface area contributed by atoms with E-state index < -0.39 is 15.9 Å². The lowest BCUT2D eigenvalue weighted by Crippen LogP contribution is -2.42. The third-order valence-corrected chi connectivity index (χ3v) is 7.45. The minimum Gasteiger partial charge on any atom is -0.367 e. The average Bonchev–Trinajstić information content (AvgIpc) is 2.85. The first-order valence-electron chi connectivity index (χ1n) is 10.3. The number of aromatic nitrogens is 1. The summed E-state index contributed by atoms with van der Waals surface area (Å²) >= 11 is 0. The highest BCUT2D eigenvalue weighted by Gasteiger charge is 2.29. The van der Waals surface area contributed by atoms with Gasteiger partial charge in [0.05, 0.1) is 10.5 Å². The van der Waals surface area contributed by atoms with E-state index >= 15 is 0 Å². The lowest BCUT2D eigenvalue weighted by atomic mass is 10.1. The molecular weight excluding hydrogens is 428 g/mol. The highest BCUT2D eigenvalue weighted by Crippen LogP contribution is 2.25. The Morgan fingerprint density at radius 1 is 0.938 bits per heavy atom. The van der Waals surface area contributed by atoms with Gasteiger partial charge >= 0.3 is 0 Å². The number of hydrogen-bond donors (Lipinski definition) is 3. The van der Waals surface area contributed by atoms with Crippen LogP contribution in [0.4, 0.5) is 5.82 Å². The predicted molar refractivity (Wildman–Crippen MR) is 121 cm³/mol. The largest absolute Gasteiger partial charge is 0.367 e. The molecule has 32 heavy (non-hydrogen) atoms. The van der Waals surface area contributed by atoms with Crippen molar-refractivity contribution in [3.63, 3.8) is 0 Å². The molecule has 0 aliphatic carbocycles. The molecule has 0 bridgehead atoms. The maximum atomic E-state index is 13.1. The van der Waals surface area contributed by atoms with Crippen LogP contribution in [0.1, 0.15) is 23.2 Å². The van der Waals surface area contributed by atoms with Crippen LogP contribution in [0.5, 0.6) is 0 Å². The fourth-order valence-electron chi connectivity index (χ4n) is 3.73. The molecule has 0 atom stereocenters. The summed E-state index contributed by atoms with van der Waals surface area (Å²) in [6.45, 7) is 0.816. The number of benzene rings is 2. The highest BCUT2D eigenvalue weighted by molar-refractivity contribution is 7.89. The third kappa shape index (κ3) is 4.80. The number of hydroxylamine groups is 1. The zero-order valence-corrected chi connectivity index (χ0v) is 18.1. The van der Waals surface area contributed by atoms with Gasteiger partial charge in [0.15, 0.2) is 0 Å². The van der Waals surface area contributed by atoms with Gasteiger partial charge in [0, 0.05) is 25.3 Å². The minimum atomic E-state index is -3.55. The van der Waals surface area contributed by atoms with Gasteiger partial charge in [-0.15, -0.1) is 0 Å². The quantitative estimate of drug-likeness (QED) is 0.391. The second kappa shape index (κ2) is 9.47. The van der Waals surface area contributed by atoms with Gasteiger partial charge in [-0.25, -0.2) is 18.9 Å². The number of piperidine rings is 1. The van der Waals surface area contributed by atoms with E-state index in [9.17, 15) is 13.2 Å². The Morgan fingerprint density at radius 2 is 1.59 bits per heavy atom. The normalized spacial score (nSPS) is 15.3. The van der Waals surface area contributed by atoms with Crippen LogP contribution in [0, 0.1) is 0 Å². The Balaban J connectivity index is 1.36. The van der Waals surface area contributed by atoms with E-state index in [0.717, 1.165) is 11.1 Å². The number of nitrogens with one attached hydrogen (secondary N) is 2. The number of pyridine rings is 1. The zero-order valence-electron chi connectivity index (χ0n) is 17.3. The van der Waals surface area contributed by atoms with Crippen LogP contribution < -0.4 is 10.8 Å². The fraction of sp³-hybridized carbons (Fsp3) is 0.217. The summed E-state index contributed by atoms with van der Waals surface area (Å²) in [5, 5.41) is 11.9. The van der Waals surface area contributed by atoms with E-state index in [1.807, 2.05) is 42.5 Å². The number of nitrogens with zero attached hydrogens (tertiary/aromatic N) is 2. The predicted octanol–water partition coefficient (Wildman–Crippen LogP) is 3.13. The van der Waals surface area contributed by atoms with Gasteiger partial charge in [-0.2, -0.15) is 4.31 Å². The number of carbonyl (C=O) groups excluding carboxylic acids is 1. The molecule has 2 heterocycles. The van der Waals surface area contributed by atoms with Crippen LogP contribution in [0.25, 0.3) is 11.1 Å². The van der Waals surface area contributed by atoms with Crippen molar-refractivity contribution in [2.24, 2.45) is 0 Å². The molecule has 1 amide bonds. The summed E-state index contributed by atoms with van der Waals surface area (Å²) in [5.74, 6) is -0.0309. The SMILES string of the molecule is O=C(NO)c1ccc(NC2CCN(S(=O)(=O)c3ccc(-c4ccccc4)cc3)CC2)nc1. The van der Waals surface area contributed by atoms with Crippen molar-refractivity contribution in [3.8, 4) is 11.1 Å². The van der Waals surface area contributed by atoms with E-state index in [1.54, 1.807) is 29.7 Å². The number of hydrogen-bond acceptors (Lipinski definition) is 6. The molecule has 9 heteroatoms. The molecule has 1 aliphatic heterocycles. The van der Waals surface area contributed by atoms with Crippen molar-refractivity contribution >= 4 is 21.7 Å². The molecule has 1 aromatic heterocycles. The summed E-state index contributed by atoms with van der Waals surface area (Å²) in [5.41, 5.74) is 3.83. The fourth-order valence-corrected chi connectivity index (χ4v) is 5.20. The average molecular weight is 453 g/mol. The van der Waals surface area contributed by atoms with Gasteiger partial charge in [0.1, 0.15) is 5.82 Å². The van der Waals surface area contributed by atoms with Crippen molar-refractivity contribution < 1.29 is 18.4 Å². The van der Waals surface area contributed by atoms with Crippen molar-refractivity contribution in [2.45, 2.75) is 23.8 Å². The van der Waals surface area contributed by atoms with Gasteiger partial charge < -0.3 is 5.32 Å². The second-order valence-corrected chi connectivity index (χ2v) is 9.52. The molecular formula is C23H24N4O4S. The molecule has 1 saturated heterocycles. The number of carbonyl (C=O) groups is 1. The first-order valence-corrected chi connectivity index (χ1v) is 11.7.